The van der Waals surface area contributed by atoms with Gasteiger partial charge >= 0.3 is 18.6 Å². The summed E-state index contributed by atoms with van der Waals surface area (Å²) in [5.41, 5.74) is 2.14. The number of amides is 2. The number of nitrogens with zero attached hydrogens (tertiary/aromatic N) is 1. The lowest BCUT2D eigenvalue weighted by Gasteiger charge is -2.36. The molecule has 46 heavy (non-hydrogen) atoms. The van der Waals surface area contributed by atoms with Crippen LogP contribution in [0.1, 0.15) is 47.2 Å². The van der Waals surface area contributed by atoms with E-state index in [0.29, 0.717) is 28.7 Å². The average Bonchev–Trinajstić information content (AvgIpc) is 3.50. The molecule has 0 spiro atoms. The van der Waals surface area contributed by atoms with Crippen LogP contribution in [0.3, 0.4) is 0 Å². The van der Waals surface area contributed by atoms with Crippen molar-refractivity contribution < 1.29 is 31.8 Å². The van der Waals surface area contributed by atoms with Gasteiger partial charge in [-0.15, -0.1) is 0 Å². The summed E-state index contributed by atoms with van der Waals surface area (Å²) in [6.45, 7) is 0.409. The smallest absolute Gasteiger partial charge is 0.428 e. The number of rotatable bonds is 13. The number of nitrogens with one attached hydrogen (secondary N) is 2. The van der Waals surface area contributed by atoms with Crippen molar-refractivity contribution in [3.63, 3.8) is 0 Å². The van der Waals surface area contributed by atoms with Gasteiger partial charge in [0.15, 0.2) is 0 Å². The molecule has 0 saturated heterocycles. The minimum absolute atomic E-state index is 0.172. The molecule has 3 aromatic carbocycles. The quantitative estimate of drug-likeness (QED) is 0.0823. The molecule has 11 heteroatoms. The molecule has 1 fully saturated rings. The normalized spacial score (nSPS) is 17.8. The lowest BCUT2D eigenvalue weighted by Crippen LogP contribution is -2.55. The second kappa shape index (κ2) is 15.3. The van der Waals surface area contributed by atoms with Gasteiger partial charge in [0, 0.05) is 17.0 Å². The van der Waals surface area contributed by atoms with Gasteiger partial charge in [0.1, 0.15) is 11.3 Å². The van der Waals surface area contributed by atoms with E-state index < -0.39 is 29.9 Å². The predicted molar refractivity (Wildman–Crippen MR) is 175 cm³/mol. The van der Waals surface area contributed by atoms with Crippen LogP contribution in [0.25, 0.3) is 0 Å². The van der Waals surface area contributed by atoms with Crippen LogP contribution < -0.4 is 15.4 Å². The molecule has 1 aliphatic carbocycles. The first kappa shape index (κ1) is 33.6. The number of pyridine rings is 1. The van der Waals surface area contributed by atoms with Gasteiger partial charge in [0.05, 0.1) is 24.4 Å². The first-order chi connectivity index (χ1) is 22.2. The molecule has 4 aromatic rings. The molecular formula is C35H34F4IN3O3. The Morgan fingerprint density at radius 1 is 0.913 bits per heavy atom. The summed E-state index contributed by atoms with van der Waals surface area (Å²) >= 11 is 2.22. The zero-order chi connectivity index (χ0) is 32.6. The maximum Gasteiger partial charge on any atom is 0.461 e. The molecule has 0 bridgehead atoms. The first-order valence-corrected chi connectivity index (χ1v) is 16.5. The van der Waals surface area contributed by atoms with Gasteiger partial charge < -0.3 is 20.1 Å². The van der Waals surface area contributed by atoms with E-state index in [0.717, 1.165) is 29.5 Å². The van der Waals surface area contributed by atoms with E-state index in [1.54, 1.807) is 18.3 Å². The lowest BCUT2D eigenvalue weighted by molar-refractivity contribution is -0.253. The van der Waals surface area contributed by atoms with Gasteiger partial charge in [0.25, 0.3) is 0 Å². The van der Waals surface area contributed by atoms with Gasteiger partial charge in [-0.25, -0.2) is 4.79 Å². The van der Waals surface area contributed by atoms with Crippen LogP contribution in [-0.2, 0) is 27.7 Å². The van der Waals surface area contributed by atoms with Crippen molar-refractivity contribution in [2.75, 3.05) is 0 Å². The van der Waals surface area contributed by atoms with E-state index >= 15 is 0 Å². The second-order valence-corrected chi connectivity index (χ2v) is 12.0. The monoisotopic (exact) mass is 747 g/mol. The second-order valence-electron chi connectivity index (χ2n) is 11.2. The fourth-order valence-electron chi connectivity index (χ4n) is 5.67. The number of hydrogen-bond acceptors (Lipinski definition) is 4. The van der Waals surface area contributed by atoms with Crippen LogP contribution in [-0.4, -0.2) is 35.7 Å². The summed E-state index contributed by atoms with van der Waals surface area (Å²) in [5, 5.41) is 6.20. The van der Waals surface area contributed by atoms with Crippen molar-refractivity contribution in [2.24, 2.45) is 0 Å². The molecule has 1 aromatic heterocycles. The Morgan fingerprint density at radius 2 is 1.63 bits per heavy atom. The third-order valence-corrected chi connectivity index (χ3v) is 8.85. The molecule has 1 saturated carbocycles. The third-order valence-electron chi connectivity index (χ3n) is 7.97. The van der Waals surface area contributed by atoms with Crippen LogP contribution in [0.2, 0.25) is 0 Å². The fourth-order valence-corrected chi connectivity index (χ4v) is 6.12. The number of aromatic nitrogens is 1. The minimum atomic E-state index is -4.71. The topological polar surface area (TPSA) is 72.5 Å². The van der Waals surface area contributed by atoms with Crippen LogP contribution in [0.4, 0.5) is 22.4 Å². The molecular weight excluding hydrogens is 713 g/mol. The Hall–Kier alpha value is -3.71. The SMILES string of the molecule is O=C(N[C@@H]1CCC[C@H]1OCc1ccccc1)N[C@@](Cc1ccccc1)(c1cccc(OC(F)(F)C(F)F)c1)c1ccc(CI)cn1. The summed E-state index contributed by atoms with van der Waals surface area (Å²) < 4.78 is 65.4. The Balaban J connectivity index is 1.50. The predicted octanol–water partition coefficient (Wildman–Crippen LogP) is 8.18. The van der Waals surface area contributed by atoms with Gasteiger partial charge in [-0.05, 0) is 59.7 Å². The number of carbonyl (C=O) groups is 1. The van der Waals surface area contributed by atoms with Crippen LogP contribution in [0.5, 0.6) is 5.75 Å². The summed E-state index contributed by atoms with van der Waals surface area (Å²) in [6.07, 6.45) is -4.71. The van der Waals surface area contributed by atoms with Gasteiger partial charge in [-0.3, -0.25) is 4.98 Å². The molecule has 2 amide bonds. The van der Waals surface area contributed by atoms with Crippen LogP contribution >= 0.6 is 22.6 Å². The number of urea groups is 1. The third kappa shape index (κ3) is 8.35. The zero-order valence-corrected chi connectivity index (χ0v) is 27.0. The average molecular weight is 748 g/mol. The Labute approximate surface area is 279 Å². The molecule has 6 nitrogen and oxygen atoms in total. The molecule has 1 heterocycles. The maximum atomic E-state index is 14.0. The van der Waals surface area contributed by atoms with Crippen molar-refractivity contribution >= 4 is 28.6 Å². The van der Waals surface area contributed by atoms with E-state index in [1.165, 1.54) is 18.2 Å². The molecule has 3 atom stereocenters. The highest BCUT2D eigenvalue weighted by Gasteiger charge is 2.45. The number of hydrogen-bond donors (Lipinski definition) is 2. The largest absolute Gasteiger partial charge is 0.461 e. The lowest BCUT2D eigenvalue weighted by atomic mass is 9.80. The molecule has 0 unspecified atom stereocenters. The van der Waals surface area contributed by atoms with Crippen LogP contribution in [0, 0.1) is 0 Å². The fraction of sp³-hybridized carbons (Fsp3) is 0.314. The highest BCUT2D eigenvalue weighted by atomic mass is 127. The molecule has 0 aliphatic heterocycles. The summed E-state index contributed by atoms with van der Waals surface area (Å²) in [6, 6.07) is 27.4. The summed E-state index contributed by atoms with van der Waals surface area (Å²) in [5.74, 6) is -0.475. The van der Waals surface area contributed by atoms with E-state index in [2.05, 4.69) is 38.0 Å². The summed E-state index contributed by atoms with van der Waals surface area (Å²) in [4.78, 5) is 18.6. The van der Waals surface area contributed by atoms with Gasteiger partial charge in [-0.1, -0.05) is 101 Å². The Kier molecular flexibility index (Phi) is 11.2. The number of carbonyl (C=O) groups excluding carboxylic acids is 1. The Bertz CT molecular complexity index is 1560. The van der Waals surface area contributed by atoms with Crippen molar-refractivity contribution in [1.29, 1.82) is 0 Å². The van der Waals surface area contributed by atoms with E-state index in [-0.39, 0.29) is 18.6 Å². The van der Waals surface area contributed by atoms with Gasteiger partial charge in [0.2, 0.25) is 0 Å². The van der Waals surface area contributed by atoms with Crippen molar-refractivity contribution in [2.45, 2.75) is 66.9 Å². The van der Waals surface area contributed by atoms with Crippen LogP contribution in [0.15, 0.2) is 103 Å². The van der Waals surface area contributed by atoms with E-state index in [1.807, 2.05) is 66.7 Å². The Morgan fingerprint density at radius 3 is 2.28 bits per heavy atom. The standard InChI is InChI=1S/C35H34F4IN3O3/c36-32(37)35(38,39)46-28-14-7-13-27(19-28)34(20-24-9-3-1-4-10-24,31-18-17-26(21-40)22-41-31)43-33(44)42-29-15-8-16-30(29)45-23-25-11-5-2-6-12-25/h1-7,9-14,17-19,22,29-30,32H,8,15-16,20-21,23H2,(H2,42,43,44)/t29-,30-,34+/m1/s1. The number of halogens is 5. The zero-order valence-electron chi connectivity index (χ0n) is 24.9. The minimum Gasteiger partial charge on any atom is -0.428 e. The van der Waals surface area contributed by atoms with Gasteiger partial charge in [-0.2, -0.15) is 17.6 Å². The molecule has 1 aliphatic rings. The molecule has 2 N–H and O–H groups in total. The molecule has 5 rings (SSSR count). The molecule has 242 valence electrons. The number of benzene rings is 3. The highest BCUT2D eigenvalue weighted by Crippen LogP contribution is 2.36. The number of ether oxygens (including phenoxy) is 2. The summed E-state index contributed by atoms with van der Waals surface area (Å²) in [7, 11) is 0. The maximum absolute atomic E-state index is 14.0. The molecule has 0 radical (unpaired) electrons. The number of alkyl halides is 5. The highest BCUT2D eigenvalue weighted by molar-refractivity contribution is 14.1. The van der Waals surface area contributed by atoms with E-state index in [9.17, 15) is 22.4 Å². The first-order valence-electron chi connectivity index (χ1n) is 14.9. The van der Waals surface area contributed by atoms with Crippen molar-refractivity contribution in [1.82, 2.24) is 15.6 Å². The van der Waals surface area contributed by atoms with Crippen molar-refractivity contribution in [3.8, 4) is 5.75 Å². The van der Waals surface area contributed by atoms with E-state index in [4.69, 9.17) is 9.72 Å². The van der Waals surface area contributed by atoms with Crippen molar-refractivity contribution in [3.05, 3.63) is 131 Å².